The summed E-state index contributed by atoms with van der Waals surface area (Å²) in [5, 5.41) is 0. The molecular weight excluding hydrogens is 338 g/mol. The van der Waals surface area contributed by atoms with Gasteiger partial charge in [-0.05, 0) is 42.5 Å². The van der Waals surface area contributed by atoms with Crippen LogP contribution >= 0.6 is 0 Å². The van der Waals surface area contributed by atoms with E-state index in [4.69, 9.17) is 4.74 Å². The minimum absolute atomic E-state index is 0.0839. The topological polar surface area (TPSA) is 46.8 Å². The van der Waals surface area contributed by atoms with E-state index in [0.717, 1.165) is 17.0 Å². The van der Waals surface area contributed by atoms with Crippen LogP contribution in [0.15, 0.2) is 85.2 Å². The first-order valence-electron chi connectivity index (χ1n) is 8.69. The third-order valence-corrected chi connectivity index (χ3v) is 4.33. The molecule has 4 aromatic rings. The number of benzene rings is 2. The molecule has 4 rings (SSSR count). The molecule has 0 spiro atoms. The first-order chi connectivity index (χ1) is 13.2. The summed E-state index contributed by atoms with van der Waals surface area (Å²) in [6.07, 6.45) is 3.89. The van der Waals surface area contributed by atoms with Crippen molar-refractivity contribution in [3.63, 3.8) is 0 Å². The fraction of sp³-hybridized carbons (Fsp3) is 0.0909. The van der Waals surface area contributed by atoms with Crippen LogP contribution in [0.4, 0.5) is 5.69 Å². The van der Waals surface area contributed by atoms with E-state index in [-0.39, 0.29) is 5.91 Å². The third-order valence-electron chi connectivity index (χ3n) is 4.33. The van der Waals surface area contributed by atoms with E-state index in [9.17, 15) is 4.79 Å². The molecule has 0 saturated carbocycles. The number of ether oxygens (including phenoxy) is 1. The van der Waals surface area contributed by atoms with Crippen LogP contribution in [-0.2, 0) is 6.61 Å². The van der Waals surface area contributed by atoms with Gasteiger partial charge in [0.2, 0.25) is 0 Å². The SMILES string of the molecule is CN(C(=O)c1cccc(OCc2cn3ccccc3n2)c1)c1ccccc1. The molecule has 1 amide bonds. The Balaban J connectivity index is 1.48. The summed E-state index contributed by atoms with van der Waals surface area (Å²) in [5.41, 5.74) is 3.14. The van der Waals surface area contributed by atoms with Crippen LogP contribution in [0.25, 0.3) is 5.65 Å². The average molecular weight is 357 g/mol. The van der Waals surface area contributed by atoms with E-state index in [0.29, 0.717) is 17.9 Å². The Hall–Kier alpha value is -3.60. The van der Waals surface area contributed by atoms with Crippen molar-refractivity contribution in [2.75, 3.05) is 11.9 Å². The molecule has 27 heavy (non-hydrogen) atoms. The molecule has 0 fully saturated rings. The first-order valence-corrected chi connectivity index (χ1v) is 8.69. The fourth-order valence-corrected chi connectivity index (χ4v) is 2.90. The van der Waals surface area contributed by atoms with Crippen LogP contribution in [0.2, 0.25) is 0 Å². The third kappa shape index (κ3) is 3.67. The van der Waals surface area contributed by atoms with E-state index in [2.05, 4.69) is 4.98 Å². The minimum atomic E-state index is -0.0839. The zero-order valence-corrected chi connectivity index (χ0v) is 14.9. The molecule has 0 bridgehead atoms. The molecule has 0 aliphatic heterocycles. The van der Waals surface area contributed by atoms with Crippen LogP contribution in [0.3, 0.4) is 0 Å². The number of amides is 1. The number of pyridine rings is 1. The second-order valence-corrected chi connectivity index (χ2v) is 6.21. The lowest BCUT2D eigenvalue weighted by Crippen LogP contribution is -2.26. The summed E-state index contributed by atoms with van der Waals surface area (Å²) < 4.78 is 7.80. The average Bonchev–Trinajstić information content (AvgIpc) is 3.15. The van der Waals surface area contributed by atoms with E-state index in [1.54, 1.807) is 24.1 Å². The van der Waals surface area contributed by atoms with Crippen molar-refractivity contribution in [1.29, 1.82) is 0 Å². The van der Waals surface area contributed by atoms with Gasteiger partial charge in [-0.2, -0.15) is 0 Å². The van der Waals surface area contributed by atoms with Crippen molar-refractivity contribution >= 4 is 17.2 Å². The highest BCUT2D eigenvalue weighted by molar-refractivity contribution is 6.05. The Morgan fingerprint density at radius 3 is 2.67 bits per heavy atom. The number of aromatic nitrogens is 2. The summed E-state index contributed by atoms with van der Waals surface area (Å²) in [6, 6.07) is 22.6. The van der Waals surface area contributed by atoms with Gasteiger partial charge in [0, 0.05) is 30.7 Å². The van der Waals surface area contributed by atoms with Gasteiger partial charge in [0.25, 0.3) is 5.91 Å². The highest BCUT2D eigenvalue weighted by Crippen LogP contribution is 2.19. The molecule has 5 nitrogen and oxygen atoms in total. The number of hydrogen-bond donors (Lipinski definition) is 0. The Morgan fingerprint density at radius 1 is 1.04 bits per heavy atom. The lowest BCUT2D eigenvalue weighted by Gasteiger charge is -2.17. The molecule has 0 N–H and O–H groups in total. The molecule has 0 radical (unpaired) electrons. The number of nitrogens with zero attached hydrogens (tertiary/aromatic N) is 3. The van der Waals surface area contributed by atoms with Crippen molar-refractivity contribution in [2.45, 2.75) is 6.61 Å². The van der Waals surface area contributed by atoms with Crippen LogP contribution < -0.4 is 9.64 Å². The van der Waals surface area contributed by atoms with Gasteiger partial charge in [0.1, 0.15) is 18.0 Å². The predicted octanol–water partition coefficient (Wildman–Crippen LogP) is 4.19. The molecule has 0 saturated heterocycles. The lowest BCUT2D eigenvalue weighted by atomic mass is 10.2. The van der Waals surface area contributed by atoms with Gasteiger partial charge in [-0.3, -0.25) is 4.79 Å². The maximum Gasteiger partial charge on any atom is 0.258 e. The van der Waals surface area contributed by atoms with Gasteiger partial charge in [-0.25, -0.2) is 4.98 Å². The maximum absolute atomic E-state index is 12.7. The first kappa shape index (κ1) is 16.8. The standard InChI is InChI=1S/C22H19N3O2/c1-24(19-9-3-2-4-10-19)22(26)17-8-7-11-20(14-17)27-16-18-15-25-13-6-5-12-21(25)23-18/h2-15H,16H2,1H3. The molecule has 5 heteroatoms. The Bertz CT molecular complexity index is 1040. The van der Waals surface area contributed by atoms with Gasteiger partial charge < -0.3 is 14.0 Å². The van der Waals surface area contributed by atoms with Crippen LogP contribution in [0.5, 0.6) is 5.75 Å². The fourth-order valence-electron chi connectivity index (χ4n) is 2.90. The van der Waals surface area contributed by atoms with Gasteiger partial charge in [0.05, 0.1) is 5.69 Å². The van der Waals surface area contributed by atoms with Crippen molar-refractivity contribution in [3.8, 4) is 5.75 Å². The monoisotopic (exact) mass is 357 g/mol. The number of imidazole rings is 1. The van der Waals surface area contributed by atoms with E-state index >= 15 is 0 Å². The zero-order valence-electron chi connectivity index (χ0n) is 14.9. The Kier molecular flexibility index (Phi) is 4.58. The van der Waals surface area contributed by atoms with Gasteiger partial charge in [-0.1, -0.05) is 30.3 Å². The molecule has 0 aliphatic carbocycles. The number of rotatable bonds is 5. The quantitative estimate of drug-likeness (QED) is 0.538. The number of hydrogen-bond acceptors (Lipinski definition) is 3. The van der Waals surface area contributed by atoms with Crippen molar-refractivity contribution in [3.05, 3.63) is 96.4 Å². The summed E-state index contributed by atoms with van der Waals surface area (Å²) in [7, 11) is 1.77. The normalized spacial score (nSPS) is 10.7. The van der Waals surface area contributed by atoms with Crippen LogP contribution in [0.1, 0.15) is 16.1 Å². The second kappa shape index (κ2) is 7.33. The van der Waals surface area contributed by atoms with Crippen molar-refractivity contribution in [2.24, 2.45) is 0 Å². The molecule has 2 aromatic carbocycles. The number of anilines is 1. The zero-order chi connectivity index (χ0) is 18.6. The molecular formula is C22H19N3O2. The van der Waals surface area contributed by atoms with E-state index < -0.39 is 0 Å². The minimum Gasteiger partial charge on any atom is -0.487 e. The number of para-hydroxylation sites is 1. The molecule has 2 heterocycles. The predicted molar refractivity (Wildman–Crippen MR) is 105 cm³/mol. The number of fused-ring (bicyclic) bond motifs is 1. The van der Waals surface area contributed by atoms with Crippen molar-refractivity contribution < 1.29 is 9.53 Å². The van der Waals surface area contributed by atoms with Crippen LogP contribution in [0, 0.1) is 0 Å². The largest absolute Gasteiger partial charge is 0.487 e. The molecule has 0 aliphatic rings. The number of carbonyl (C=O) groups excluding carboxylic acids is 1. The summed E-state index contributed by atoms with van der Waals surface area (Å²) in [6.45, 7) is 0.341. The Morgan fingerprint density at radius 2 is 1.85 bits per heavy atom. The van der Waals surface area contributed by atoms with Gasteiger partial charge in [-0.15, -0.1) is 0 Å². The van der Waals surface area contributed by atoms with E-state index in [1.807, 2.05) is 77.5 Å². The maximum atomic E-state index is 12.7. The number of carbonyl (C=O) groups is 1. The summed E-state index contributed by atoms with van der Waals surface area (Å²) in [4.78, 5) is 18.9. The molecule has 0 unspecified atom stereocenters. The molecule has 0 atom stereocenters. The summed E-state index contributed by atoms with van der Waals surface area (Å²) >= 11 is 0. The highest BCUT2D eigenvalue weighted by Gasteiger charge is 2.14. The van der Waals surface area contributed by atoms with Crippen molar-refractivity contribution in [1.82, 2.24) is 9.38 Å². The lowest BCUT2D eigenvalue weighted by molar-refractivity contribution is 0.0992. The molecule has 134 valence electrons. The van der Waals surface area contributed by atoms with Crippen LogP contribution in [-0.4, -0.2) is 22.3 Å². The Labute approximate surface area is 157 Å². The molecule has 2 aromatic heterocycles. The van der Waals surface area contributed by atoms with Gasteiger partial charge >= 0.3 is 0 Å². The second-order valence-electron chi connectivity index (χ2n) is 6.21. The van der Waals surface area contributed by atoms with Gasteiger partial charge in [0.15, 0.2) is 0 Å². The van der Waals surface area contributed by atoms with E-state index in [1.165, 1.54) is 0 Å². The smallest absolute Gasteiger partial charge is 0.258 e. The highest BCUT2D eigenvalue weighted by atomic mass is 16.5. The summed E-state index contributed by atoms with van der Waals surface area (Å²) in [5.74, 6) is 0.554.